The van der Waals surface area contributed by atoms with Gasteiger partial charge in [0.2, 0.25) is 0 Å². The summed E-state index contributed by atoms with van der Waals surface area (Å²) in [6.07, 6.45) is 2.20. The van der Waals surface area contributed by atoms with Gasteiger partial charge in [-0.1, -0.05) is 37.3 Å². The van der Waals surface area contributed by atoms with E-state index < -0.39 is 0 Å². The monoisotopic (exact) mass is 300 g/mol. The number of para-hydroxylation sites is 1. The third-order valence-corrected chi connectivity index (χ3v) is 2.96. The number of halogens is 1. The first-order chi connectivity index (χ1) is 10.7. The van der Waals surface area contributed by atoms with Crippen LogP contribution in [0, 0.1) is 5.82 Å². The zero-order chi connectivity index (χ0) is 15.8. The van der Waals surface area contributed by atoms with E-state index in [-0.39, 0.29) is 18.3 Å². The van der Waals surface area contributed by atoms with E-state index >= 15 is 0 Å². The van der Waals surface area contributed by atoms with Gasteiger partial charge in [0.05, 0.1) is 6.21 Å². The number of benzene rings is 2. The average molecular weight is 300 g/mol. The van der Waals surface area contributed by atoms with Crippen molar-refractivity contribution < 1.29 is 13.9 Å². The maximum atomic E-state index is 13.0. The molecule has 0 saturated heterocycles. The van der Waals surface area contributed by atoms with Crippen molar-refractivity contribution in [1.82, 2.24) is 5.43 Å². The van der Waals surface area contributed by atoms with E-state index in [9.17, 15) is 9.18 Å². The van der Waals surface area contributed by atoms with Crippen LogP contribution in [0.25, 0.3) is 0 Å². The Morgan fingerprint density at radius 2 is 2.09 bits per heavy atom. The van der Waals surface area contributed by atoms with Gasteiger partial charge >= 0.3 is 0 Å². The maximum absolute atomic E-state index is 13.0. The largest absolute Gasteiger partial charge is 0.483 e. The maximum Gasteiger partial charge on any atom is 0.277 e. The lowest BCUT2D eigenvalue weighted by Crippen LogP contribution is -2.24. The SMILES string of the molecule is CCc1ccccc1OCC(=O)N/N=C/c1cccc(F)c1. The van der Waals surface area contributed by atoms with Crippen molar-refractivity contribution in [1.29, 1.82) is 0 Å². The van der Waals surface area contributed by atoms with E-state index in [1.165, 1.54) is 18.3 Å². The minimum atomic E-state index is -0.376. The van der Waals surface area contributed by atoms with Gasteiger partial charge < -0.3 is 4.74 Å². The van der Waals surface area contributed by atoms with Gasteiger partial charge in [0.15, 0.2) is 6.61 Å². The van der Waals surface area contributed by atoms with Crippen LogP contribution in [0.3, 0.4) is 0 Å². The van der Waals surface area contributed by atoms with E-state index in [0.717, 1.165) is 12.0 Å². The minimum absolute atomic E-state index is 0.127. The number of nitrogens with one attached hydrogen (secondary N) is 1. The summed E-state index contributed by atoms with van der Waals surface area (Å²) in [7, 11) is 0. The van der Waals surface area contributed by atoms with Crippen molar-refractivity contribution in [2.45, 2.75) is 13.3 Å². The minimum Gasteiger partial charge on any atom is -0.483 e. The van der Waals surface area contributed by atoms with Crippen molar-refractivity contribution >= 4 is 12.1 Å². The Morgan fingerprint density at radius 1 is 1.27 bits per heavy atom. The van der Waals surface area contributed by atoms with Gasteiger partial charge in [0.25, 0.3) is 5.91 Å². The number of carbonyl (C=O) groups excluding carboxylic acids is 1. The molecule has 2 aromatic rings. The summed E-state index contributed by atoms with van der Waals surface area (Å²) in [4.78, 5) is 11.6. The van der Waals surface area contributed by atoms with Gasteiger partial charge in [0, 0.05) is 0 Å². The van der Waals surface area contributed by atoms with Crippen molar-refractivity contribution in [2.24, 2.45) is 5.10 Å². The third kappa shape index (κ3) is 4.70. The fourth-order valence-electron chi connectivity index (χ4n) is 1.88. The van der Waals surface area contributed by atoms with Gasteiger partial charge in [-0.25, -0.2) is 9.82 Å². The summed E-state index contributed by atoms with van der Waals surface area (Å²) in [5, 5.41) is 3.77. The van der Waals surface area contributed by atoms with Crippen LogP contribution >= 0.6 is 0 Å². The first-order valence-corrected chi connectivity index (χ1v) is 6.97. The number of ether oxygens (including phenoxy) is 1. The molecule has 2 rings (SSSR count). The molecule has 114 valence electrons. The van der Waals surface area contributed by atoms with Crippen LogP contribution in [0.5, 0.6) is 5.75 Å². The van der Waals surface area contributed by atoms with Crippen LogP contribution in [-0.2, 0) is 11.2 Å². The Hall–Kier alpha value is -2.69. The Morgan fingerprint density at radius 3 is 2.86 bits per heavy atom. The second-order valence-corrected chi connectivity index (χ2v) is 4.60. The summed E-state index contributed by atoms with van der Waals surface area (Å²) >= 11 is 0. The number of carbonyl (C=O) groups is 1. The number of rotatable bonds is 6. The van der Waals surface area contributed by atoms with E-state index in [2.05, 4.69) is 10.5 Å². The molecular weight excluding hydrogens is 283 g/mol. The van der Waals surface area contributed by atoms with Crippen LogP contribution in [0.15, 0.2) is 53.6 Å². The molecule has 0 spiro atoms. The third-order valence-electron chi connectivity index (χ3n) is 2.96. The zero-order valence-corrected chi connectivity index (χ0v) is 12.3. The van der Waals surface area contributed by atoms with E-state index in [1.54, 1.807) is 12.1 Å². The summed E-state index contributed by atoms with van der Waals surface area (Å²) in [5.41, 5.74) is 3.95. The van der Waals surface area contributed by atoms with Crippen LogP contribution in [0.4, 0.5) is 4.39 Å². The molecule has 0 aliphatic heterocycles. The molecule has 1 N–H and O–H groups in total. The molecule has 1 amide bonds. The zero-order valence-electron chi connectivity index (χ0n) is 12.3. The Bertz CT molecular complexity index is 671. The highest BCUT2D eigenvalue weighted by Crippen LogP contribution is 2.17. The van der Waals surface area contributed by atoms with Crippen molar-refractivity contribution in [2.75, 3.05) is 6.61 Å². The highest BCUT2D eigenvalue weighted by atomic mass is 19.1. The summed E-state index contributed by atoms with van der Waals surface area (Å²) in [6.45, 7) is 1.89. The standard InChI is InChI=1S/C17H17FN2O2/c1-2-14-7-3-4-9-16(14)22-12-17(21)20-19-11-13-6-5-8-15(18)10-13/h3-11H,2,12H2,1H3,(H,20,21)/b19-11+. The first-order valence-electron chi connectivity index (χ1n) is 6.97. The van der Waals surface area contributed by atoms with Crippen LogP contribution in [-0.4, -0.2) is 18.7 Å². The second-order valence-electron chi connectivity index (χ2n) is 4.60. The normalized spacial score (nSPS) is 10.6. The molecule has 0 saturated carbocycles. The lowest BCUT2D eigenvalue weighted by atomic mass is 10.1. The lowest BCUT2D eigenvalue weighted by molar-refractivity contribution is -0.123. The van der Waals surface area contributed by atoms with Crippen LogP contribution < -0.4 is 10.2 Å². The van der Waals surface area contributed by atoms with E-state index in [0.29, 0.717) is 11.3 Å². The van der Waals surface area contributed by atoms with Gasteiger partial charge in [-0.15, -0.1) is 0 Å². The summed E-state index contributed by atoms with van der Waals surface area (Å²) < 4.78 is 18.4. The number of aryl methyl sites for hydroxylation is 1. The molecule has 22 heavy (non-hydrogen) atoms. The predicted octanol–water partition coefficient (Wildman–Crippen LogP) is 2.92. The number of hydrogen-bond donors (Lipinski definition) is 1. The fourth-order valence-corrected chi connectivity index (χ4v) is 1.88. The molecule has 0 fully saturated rings. The van der Waals surface area contributed by atoms with Gasteiger partial charge in [-0.2, -0.15) is 5.10 Å². The highest BCUT2D eigenvalue weighted by Gasteiger charge is 2.04. The smallest absolute Gasteiger partial charge is 0.277 e. The Labute approximate surface area is 128 Å². The van der Waals surface area contributed by atoms with E-state index in [4.69, 9.17) is 4.74 Å². The van der Waals surface area contributed by atoms with Crippen molar-refractivity contribution in [3.8, 4) is 5.75 Å². The highest BCUT2D eigenvalue weighted by molar-refractivity contribution is 5.82. The number of hydrazone groups is 1. The molecular formula is C17H17FN2O2. The van der Waals surface area contributed by atoms with Crippen molar-refractivity contribution in [3.63, 3.8) is 0 Å². The Kier molecular flexibility index (Phi) is 5.65. The first kappa shape index (κ1) is 15.7. The molecule has 4 nitrogen and oxygen atoms in total. The molecule has 0 heterocycles. The molecule has 0 radical (unpaired) electrons. The quantitative estimate of drug-likeness (QED) is 0.659. The molecule has 2 aromatic carbocycles. The van der Waals surface area contributed by atoms with Gasteiger partial charge in [-0.3, -0.25) is 4.79 Å². The summed E-state index contributed by atoms with van der Waals surface area (Å²) in [6, 6.07) is 13.5. The number of amides is 1. The number of hydrogen-bond acceptors (Lipinski definition) is 3. The molecule has 0 aromatic heterocycles. The van der Waals surface area contributed by atoms with Gasteiger partial charge in [-0.05, 0) is 35.7 Å². The van der Waals surface area contributed by atoms with Crippen LogP contribution in [0.2, 0.25) is 0 Å². The number of nitrogens with zero attached hydrogens (tertiary/aromatic N) is 1. The fraction of sp³-hybridized carbons (Fsp3) is 0.176. The van der Waals surface area contributed by atoms with E-state index in [1.807, 2.05) is 31.2 Å². The predicted molar refractivity (Wildman–Crippen MR) is 83.5 cm³/mol. The lowest BCUT2D eigenvalue weighted by Gasteiger charge is -2.08. The second kappa shape index (κ2) is 7.93. The van der Waals surface area contributed by atoms with Crippen molar-refractivity contribution in [3.05, 3.63) is 65.5 Å². The molecule has 0 aliphatic rings. The molecule has 0 unspecified atom stereocenters. The molecule has 0 bridgehead atoms. The molecule has 0 atom stereocenters. The van der Waals surface area contributed by atoms with Gasteiger partial charge in [0.1, 0.15) is 11.6 Å². The Balaban J connectivity index is 1.83. The topological polar surface area (TPSA) is 50.7 Å². The summed E-state index contributed by atoms with van der Waals surface area (Å²) in [5.74, 6) is -0.0393. The average Bonchev–Trinajstić information content (AvgIpc) is 2.53. The van der Waals surface area contributed by atoms with Crippen LogP contribution in [0.1, 0.15) is 18.1 Å². The molecule has 0 aliphatic carbocycles. The molecule has 5 heteroatoms.